The Morgan fingerprint density at radius 1 is 0.638 bits per heavy atom. The van der Waals surface area contributed by atoms with Crippen LogP contribution < -0.4 is 21.3 Å². The van der Waals surface area contributed by atoms with Gasteiger partial charge in [-0.2, -0.15) is 0 Å². The van der Waals surface area contributed by atoms with Crippen molar-refractivity contribution in [3.63, 3.8) is 0 Å². The van der Waals surface area contributed by atoms with Crippen molar-refractivity contribution in [2.45, 2.75) is 90.1 Å². The minimum absolute atomic E-state index is 0.0252. The lowest BCUT2D eigenvalue weighted by Gasteiger charge is -2.37. The normalized spacial score (nSPS) is 12.8. The van der Waals surface area contributed by atoms with Crippen molar-refractivity contribution >= 4 is 29.8 Å². The largest absolute Gasteiger partial charge is 0.463 e. The molecule has 11 heteroatoms. The van der Waals surface area contributed by atoms with Crippen molar-refractivity contribution in [2.24, 2.45) is 5.92 Å². The van der Waals surface area contributed by atoms with Gasteiger partial charge in [0.1, 0.15) is 24.2 Å². The number of hydrogen-bond donors (Lipinski definition) is 4. The first-order chi connectivity index (χ1) is 28.0. The van der Waals surface area contributed by atoms with E-state index < -0.39 is 47.5 Å². The number of ether oxygens (including phenoxy) is 2. The first kappa shape index (κ1) is 44.5. The summed E-state index contributed by atoms with van der Waals surface area (Å²) >= 11 is 0. The van der Waals surface area contributed by atoms with Gasteiger partial charge in [0.15, 0.2) is 0 Å². The van der Waals surface area contributed by atoms with Crippen LogP contribution in [0.1, 0.15) is 82.1 Å². The number of hydrogen-bond acceptors (Lipinski definition) is 7. The van der Waals surface area contributed by atoms with Gasteiger partial charge in [-0.3, -0.25) is 14.4 Å². The minimum Gasteiger partial charge on any atom is -0.463 e. The number of amides is 4. The molecule has 0 aliphatic carbocycles. The smallest absolute Gasteiger partial charge is 0.408 e. The van der Waals surface area contributed by atoms with Gasteiger partial charge in [0.05, 0.1) is 6.61 Å². The van der Waals surface area contributed by atoms with E-state index in [0.717, 1.165) is 22.3 Å². The van der Waals surface area contributed by atoms with Gasteiger partial charge in [0.2, 0.25) is 17.7 Å². The molecule has 0 heterocycles. The lowest BCUT2D eigenvalue weighted by molar-refractivity contribution is -0.137. The van der Waals surface area contributed by atoms with Gasteiger partial charge >= 0.3 is 12.1 Å². The van der Waals surface area contributed by atoms with Crippen LogP contribution in [-0.2, 0) is 40.8 Å². The molecule has 4 aromatic carbocycles. The zero-order valence-corrected chi connectivity index (χ0v) is 33.8. The molecule has 0 unspecified atom stereocenters. The van der Waals surface area contributed by atoms with Crippen LogP contribution in [0.25, 0.3) is 0 Å². The van der Waals surface area contributed by atoms with Gasteiger partial charge in [-0.05, 0) is 54.4 Å². The zero-order chi connectivity index (χ0) is 41.8. The molecule has 11 nitrogen and oxygen atoms in total. The van der Waals surface area contributed by atoms with Crippen LogP contribution >= 0.6 is 0 Å². The van der Waals surface area contributed by atoms with E-state index in [2.05, 4.69) is 21.3 Å². The highest BCUT2D eigenvalue weighted by Gasteiger charge is 2.38. The summed E-state index contributed by atoms with van der Waals surface area (Å²) in [5.41, 5.74) is 2.35. The molecule has 4 aromatic rings. The molecule has 4 N–H and O–H groups in total. The van der Waals surface area contributed by atoms with Crippen molar-refractivity contribution in [2.75, 3.05) is 6.61 Å². The molecule has 0 aliphatic heterocycles. The molecule has 0 aliphatic rings. The molecule has 4 amide bonds. The fraction of sp³-hybridized carbons (Fsp3) is 0.340. The lowest BCUT2D eigenvalue weighted by Crippen LogP contribution is -2.55. The second-order valence-corrected chi connectivity index (χ2v) is 14.4. The van der Waals surface area contributed by atoms with E-state index in [1.165, 1.54) is 12.2 Å². The van der Waals surface area contributed by atoms with Gasteiger partial charge < -0.3 is 30.7 Å². The number of benzene rings is 4. The lowest BCUT2D eigenvalue weighted by atomic mass is 9.77. The van der Waals surface area contributed by atoms with Crippen LogP contribution in [0.5, 0.6) is 0 Å². The van der Waals surface area contributed by atoms with Gasteiger partial charge in [0, 0.05) is 18.5 Å². The molecular weight excluding hydrogens is 733 g/mol. The van der Waals surface area contributed by atoms with Crippen LogP contribution in [0.4, 0.5) is 4.79 Å². The van der Waals surface area contributed by atoms with Gasteiger partial charge in [-0.1, -0.05) is 155 Å². The van der Waals surface area contributed by atoms with Crippen molar-refractivity contribution in [1.29, 1.82) is 0 Å². The highest BCUT2D eigenvalue weighted by atomic mass is 16.5. The van der Waals surface area contributed by atoms with Crippen molar-refractivity contribution in [1.82, 2.24) is 21.3 Å². The van der Waals surface area contributed by atoms with Crippen molar-refractivity contribution in [3.05, 3.63) is 156 Å². The first-order valence-electron chi connectivity index (χ1n) is 20.0. The predicted octanol–water partition coefficient (Wildman–Crippen LogP) is 7.11. The van der Waals surface area contributed by atoms with Crippen molar-refractivity contribution < 1.29 is 33.4 Å². The molecule has 0 aromatic heterocycles. The Hall–Kier alpha value is -6.23. The van der Waals surface area contributed by atoms with Gasteiger partial charge in [-0.15, -0.1) is 0 Å². The Kier molecular flexibility index (Phi) is 17.7. The Morgan fingerprint density at radius 2 is 1.16 bits per heavy atom. The first-order valence-corrected chi connectivity index (χ1v) is 20.0. The van der Waals surface area contributed by atoms with E-state index in [4.69, 9.17) is 9.47 Å². The van der Waals surface area contributed by atoms with Crippen LogP contribution in [-0.4, -0.2) is 54.5 Å². The topological polar surface area (TPSA) is 152 Å². The van der Waals surface area contributed by atoms with E-state index in [-0.39, 0.29) is 37.9 Å². The molecule has 3 atom stereocenters. The number of rotatable bonds is 21. The second-order valence-electron chi connectivity index (χ2n) is 14.4. The fourth-order valence-corrected chi connectivity index (χ4v) is 6.66. The highest BCUT2D eigenvalue weighted by Crippen LogP contribution is 2.37. The maximum atomic E-state index is 14.1. The SMILES string of the molecule is CCC[C@H](NC(=O)[C@H](CC(C)C)NC(=O)OCc1ccccc1)C(=O)N[C@H](/C=C/C(=O)OCC)CCC(=O)NC(c1ccccc1)(c1ccccc1)c1ccccc1. The molecule has 306 valence electrons. The third kappa shape index (κ3) is 13.5. The number of nitrogens with one attached hydrogen (secondary N) is 4. The standard InChI is InChI=1S/C47H56N4O7/c1-5-19-40(49-45(55)41(32-34(3)4)50-46(56)58-33-35-20-11-7-12-21-35)44(54)48-39(29-31-43(53)57-6-2)28-30-42(52)51-47(36-22-13-8-14-23-36,37-24-15-9-16-25-37)38-26-17-10-18-27-38/h7-18,20-27,29,31,34,39-41H,5-6,19,28,30,32-33H2,1-4H3,(H,48,54)(H,49,55)(H,50,56)(H,51,52)/b31-29+/t39-,40-,41-/m0/s1. The van der Waals surface area contributed by atoms with Gasteiger partial charge in [0.25, 0.3) is 0 Å². The second kappa shape index (κ2) is 23.1. The quantitative estimate of drug-likeness (QED) is 0.0399. The summed E-state index contributed by atoms with van der Waals surface area (Å²) in [4.78, 5) is 66.9. The highest BCUT2D eigenvalue weighted by molar-refractivity contribution is 5.91. The molecule has 0 saturated heterocycles. The Bertz CT molecular complexity index is 1830. The number of alkyl carbamates (subject to hydrolysis) is 1. The maximum absolute atomic E-state index is 14.1. The Labute approximate surface area is 342 Å². The van der Waals surface area contributed by atoms with Gasteiger partial charge in [-0.25, -0.2) is 9.59 Å². The minimum atomic E-state index is -1.04. The molecular formula is C47H56N4O7. The molecule has 0 fully saturated rings. The zero-order valence-electron chi connectivity index (χ0n) is 33.8. The third-order valence-corrected chi connectivity index (χ3v) is 9.45. The maximum Gasteiger partial charge on any atom is 0.408 e. The summed E-state index contributed by atoms with van der Waals surface area (Å²) in [7, 11) is 0. The summed E-state index contributed by atoms with van der Waals surface area (Å²) in [6, 6.07) is 35.7. The van der Waals surface area contributed by atoms with Crippen LogP contribution in [0.3, 0.4) is 0 Å². The number of esters is 1. The molecule has 0 saturated carbocycles. The Morgan fingerprint density at radius 3 is 1.66 bits per heavy atom. The van der Waals surface area contributed by atoms with Crippen LogP contribution in [0.15, 0.2) is 133 Å². The monoisotopic (exact) mass is 788 g/mol. The van der Waals surface area contributed by atoms with E-state index in [9.17, 15) is 24.0 Å². The average Bonchev–Trinajstić information content (AvgIpc) is 3.23. The summed E-state index contributed by atoms with van der Waals surface area (Å²) < 4.78 is 10.5. The fourth-order valence-electron chi connectivity index (χ4n) is 6.66. The molecule has 58 heavy (non-hydrogen) atoms. The molecule has 0 radical (unpaired) electrons. The van der Waals surface area contributed by atoms with Crippen LogP contribution in [0, 0.1) is 5.92 Å². The van der Waals surface area contributed by atoms with E-state index in [0.29, 0.717) is 19.3 Å². The molecule has 0 bridgehead atoms. The molecule has 4 rings (SSSR count). The van der Waals surface area contributed by atoms with Crippen molar-refractivity contribution in [3.8, 4) is 0 Å². The summed E-state index contributed by atoms with van der Waals surface area (Å²) in [5, 5.41) is 11.8. The third-order valence-electron chi connectivity index (χ3n) is 9.45. The summed E-state index contributed by atoms with van der Waals surface area (Å²) in [6.07, 6.45) is 3.24. The van der Waals surface area contributed by atoms with Crippen LogP contribution in [0.2, 0.25) is 0 Å². The van der Waals surface area contributed by atoms with E-state index >= 15 is 0 Å². The Balaban J connectivity index is 1.52. The van der Waals surface area contributed by atoms with E-state index in [1.807, 2.05) is 142 Å². The summed E-state index contributed by atoms with van der Waals surface area (Å²) in [5.74, 6) is -1.88. The number of carbonyl (C=O) groups is 5. The molecule has 0 spiro atoms. The van der Waals surface area contributed by atoms with E-state index in [1.54, 1.807) is 6.92 Å². The average molecular weight is 789 g/mol. The predicted molar refractivity (Wildman–Crippen MR) is 224 cm³/mol. The summed E-state index contributed by atoms with van der Waals surface area (Å²) in [6.45, 7) is 7.63. The number of carbonyl (C=O) groups excluding carboxylic acids is 5.